The molecule has 1 atom stereocenters. The molecule has 0 aliphatic carbocycles. The molecule has 1 unspecified atom stereocenters. The highest BCUT2D eigenvalue weighted by atomic mass is 79.9. The molecule has 6 heteroatoms. The number of carboxylic acids is 1. The van der Waals surface area contributed by atoms with Gasteiger partial charge in [-0.2, -0.15) is 0 Å². The molecule has 120 valence electrons. The second-order valence-electron chi connectivity index (χ2n) is 6.29. The fourth-order valence-electron chi connectivity index (χ4n) is 2.66. The van der Waals surface area contributed by atoms with Crippen molar-refractivity contribution in [1.82, 2.24) is 10.2 Å². The van der Waals surface area contributed by atoms with Gasteiger partial charge in [-0.05, 0) is 18.1 Å². The number of nitrogens with one attached hydrogen (secondary N) is 1. The van der Waals surface area contributed by atoms with Crippen molar-refractivity contribution in [2.24, 2.45) is 5.92 Å². The Morgan fingerprint density at radius 3 is 2.68 bits per heavy atom. The smallest absolute Gasteiger partial charge is 0.317 e. The van der Waals surface area contributed by atoms with Crippen LogP contribution in [0.15, 0.2) is 28.7 Å². The summed E-state index contributed by atoms with van der Waals surface area (Å²) >= 11 is 3.54. The number of carbonyl (C=O) groups is 2. The largest absolute Gasteiger partial charge is 0.481 e. The Bertz CT molecular complexity index is 574. The number of urea groups is 1. The molecule has 2 amide bonds. The molecule has 0 radical (unpaired) electrons. The molecule has 1 fully saturated rings. The number of rotatable bonds is 4. The quantitative estimate of drug-likeness (QED) is 0.858. The minimum atomic E-state index is -0.830. The third kappa shape index (κ3) is 3.80. The van der Waals surface area contributed by atoms with E-state index in [-0.39, 0.29) is 18.0 Å². The molecule has 1 saturated heterocycles. The van der Waals surface area contributed by atoms with Gasteiger partial charge in [0.2, 0.25) is 0 Å². The van der Waals surface area contributed by atoms with Crippen LogP contribution in [0.1, 0.15) is 25.8 Å². The number of amides is 2. The van der Waals surface area contributed by atoms with Crippen LogP contribution < -0.4 is 5.32 Å². The van der Waals surface area contributed by atoms with Crippen molar-refractivity contribution in [2.45, 2.75) is 25.7 Å². The van der Waals surface area contributed by atoms with E-state index in [4.69, 9.17) is 5.11 Å². The van der Waals surface area contributed by atoms with Crippen LogP contribution in [0.5, 0.6) is 0 Å². The Balaban J connectivity index is 1.94. The van der Waals surface area contributed by atoms with E-state index in [2.05, 4.69) is 35.1 Å². The van der Waals surface area contributed by atoms with Crippen molar-refractivity contribution >= 4 is 27.9 Å². The van der Waals surface area contributed by atoms with Crippen molar-refractivity contribution in [3.63, 3.8) is 0 Å². The molecule has 0 bridgehead atoms. The van der Waals surface area contributed by atoms with Gasteiger partial charge >= 0.3 is 12.0 Å². The van der Waals surface area contributed by atoms with E-state index in [0.29, 0.717) is 19.5 Å². The van der Waals surface area contributed by atoms with Crippen molar-refractivity contribution < 1.29 is 14.7 Å². The molecule has 1 aromatic rings. The van der Waals surface area contributed by atoms with E-state index in [0.717, 1.165) is 10.0 Å². The lowest BCUT2D eigenvalue weighted by Gasteiger charge is -2.28. The van der Waals surface area contributed by atoms with Crippen LogP contribution in [0.4, 0.5) is 4.79 Å². The summed E-state index contributed by atoms with van der Waals surface area (Å²) in [5.74, 6) is -1.27. The minimum absolute atomic E-state index is 0.191. The van der Waals surface area contributed by atoms with Crippen LogP contribution in [0, 0.1) is 5.92 Å². The molecule has 1 aliphatic heterocycles. The first-order valence-electron chi connectivity index (χ1n) is 7.32. The van der Waals surface area contributed by atoms with E-state index in [1.807, 2.05) is 24.3 Å². The van der Waals surface area contributed by atoms with E-state index in [9.17, 15) is 9.59 Å². The van der Waals surface area contributed by atoms with Crippen LogP contribution in [-0.4, -0.2) is 41.6 Å². The van der Waals surface area contributed by atoms with E-state index >= 15 is 0 Å². The minimum Gasteiger partial charge on any atom is -0.481 e. The van der Waals surface area contributed by atoms with Crippen LogP contribution >= 0.6 is 15.9 Å². The molecule has 0 spiro atoms. The highest BCUT2D eigenvalue weighted by Crippen LogP contribution is 2.29. The maximum absolute atomic E-state index is 12.2. The number of aliphatic carboxylic acids is 1. The first-order valence-corrected chi connectivity index (χ1v) is 8.11. The van der Waals surface area contributed by atoms with E-state index < -0.39 is 11.9 Å². The van der Waals surface area contributed by atoms with Crippen molar-refractivity contribution in [3.8, 4) is 0 Å². The Morgan fingerprint density at radius 1 is 1.41 bits per heavy atom. The summed E-state index contributed by atoms with van der Waals surface area (Å²) in [6, 6.07) is 7.76. The number of halogens is 1. The number of carboxylic acid groups (broad SMARTS) is 1. The topological polar surface area (TPSA) is 69.6 Å². The van der Waals surface area contributed by atoms with Gasteiger partial charge in [0.25, 0.3) is 0 Å². The maximum Gasteiger partial charge on any atom is 0.317 e. The normalized spacial score (nSPS) is 18.3. The lowest BCUT2D eigenvalue weighted by Crippen LogP contribution is -2.44. The van der Waals surface area contributed by atoms with Crippen LogP contribution in [-0.2, 0) is 10.2 Å². The van der Waals surface area contributed by atoms with Crippen LogP contribution in [0.2, 0.25) is 0 Å². The number of nitrogens with zero attached hydrogens (tertiary/aromatic N) is 1. The molecule has 0 saturated carbocycles. The first kappa shape index (κ1) is 16.8. The average Bonchev–Trinajstić information content (AvgIpc) is 2.95. The van der Waals surface area contributed by atoms with Crippen molar-refractivity contribution in [1.29, 1.82) is 0 Å². The molecule has 0 aromatic heterocycles. The number of benzene rings is 1. The van der Waals surface area contributed by atoms with Crippen LogP contribution in [0.3, 0.4) is 0 Å². The summed E-state index contributed by atoms with van der Waals surface area (Å²) < 4.78 is 1.02. The van der Waals surface area contributed by atoms with Gasteiger partial charge in [0, 0.05) is 29.5 Å². The fourth-order valence-corrected chi connectivity index (χ4v) is 3.48. The maximum atomic E-state index is 12.2. The molecule has 2 N–H and O–H groups in total. The van der Waals surface area contributed by atoms with Gasteiger partial charge in [-0.15, -0.1) is 0 Å². The number of hydrogen-bond donors (Lipinski definition) is 2. The van der Waals surface area contributed by atoms with Gasteiger partial charge < -0.3 is 15.3 Å². The Morgan fingerprint density at radius 2 is 2.09 bits per heavy atom. The molecular formula is C16H21BrN2O3. The standard InChI is InChI=1S/C16H21BrN2O3/c1-16(2,12-5-3-4-6-13(12)17)10-18-15(22)19-8-7-11(9-19)14(20)21/h3-6,11H,7-10H2,1-2H3,(H,18,22)(H,20,21). The molecule has 2 rings (SSSR count). The Labute approximate surface area is 138 Å². The number of hydrogen-bond acceptors (Lipinski definition) is 2. The Kier molecular flexibility index (Phi) is 5.11. The summed E-state index contributed by atoms with van der Waals surface area (Å²) in [5, 5.41) is 11.9. The van der Waals surface area contributed by atoms with Crippen molar-refractivity contribution in [2.75, 3.05) is 19.6 Å². The second kappa shape index (κ2) is 6.69. The molecule has 1 aliphatic rings. The molecule has 22 heavy (non-hydrogen) atoms. The van der Waals surface area contributed by atoms with Crippen molar-refractivity contribution in [3.05, 3.63) is 34.3 Å². The molecule has 1 heterocycles. The average molecular weight is 369 g/mol. The lowest BCUT2D eigenvalue weighted by molar-refractivity contribution is -0.141. The van der Waals surface area contributed by atoms with Gasteiger partial charge in [-0.1, -0.05) is 48.0 Å². The SMILES string of the molecule is CC(C)(CNC(=O)N1CCC(C(=O)O)C1)c1ccccc1Br. The van der Waals surface area contributed by atoms with E-state index in [1.54, 1.807) is 4.90 Å². The van der Waals surface area contributed by atoms with Gasteiger partial charge in [0.05, 0.1) is 5.92 Å². The second-order valence-corrected chi connectivity index (χ2v) is 7.15. The summed E-state index contributed by atoms with van der Waals surface area (Å²) in [5.41, 5.74) is 0.905. The zero-order valence-corrected chi connectivity index (χ0v) is 14.4. The third-order valence-corrected chi connectivity index (χ3v) is 4.80. The third-order valence-electron chi connectivity index (χ3n) is 4.11. The highest BCUT2D eigenvalue weighted by molar-refractivity contribution is 9.10. The fraction of sp³-hybridized carbons (Fsp3) is 0.500. The number of carbonyl (C=O) groups excluding carboxylic acids is 1. The summed E-state index contributed by atoms with van der Waals surface area (Å²) in [7, 11) is 0. The summed E-state index contributed by atoms with van der Waals surface area (Å²) in [6.07, 6.45) is 0.524. The molecule has 1 aromatic carbocycles. The molecule has 5 nitrogen and oxygen atoms in total. The van der Waals surface area contributed by atoms with Gasteiger partial charge in [-0.25, -0.2) is 4.79 Å². The zero-order chi connectivity index (χ0) is 16.3. The lowest BCUT2D eigenvalue weighted by atomic mass is 9.84. The predicted octanol–water partition coefficient (Wildman–Crippen LogP) is 2.84. The zero-order valence-electron chi connectivity index (χ0n) is 12.8. The van der Waals surface area contributed by atoms with Gasteiger partial charge in [0.1, 0.15) is 0 Å². The number of likely N-dealkylation sites (tertiary alicyclic amines) is 1. The highest BCUT2D eigenvalue weighted by Gasteiger charge is 2.32. The Hall–Kier alpha value is -1.56. The molecular weight excluding hydrogens is 348 g/mol. The van der Waals surface area contributed by atoms with Crippen LogP contribution in [0.25, 0.3) is 0 Å². The van der Waals surface area contributed by atoms with Gasteiger partial charge in [-0.3, -0.25) is 4.79 Å². The van der Waals surface area contributed by atoms with Gasteiger partial charge in [0.15, 0.2) is 0 Å². The van der Waals surface area contributed by atoms with E-state index in [1.165, 1.54) is 0 Å². The monoisotopic (exact) mass is 368 g/mol. The summed E-state index contributed by atoms with van der Waals surface area (Å²) in [6.45, 7) is 5.41. The first-order chi connectivity index (χ1) is 10.3. The predicted molar refractivity (Wildman–Crippen MR) is 87.9 cm³/mol. The summed E-state index contributed by atoms with van der Waals surface area (Å²) in [4.78, 5) is 24.7.